The predicted octanol–water partition coefficient (Wildman–Crippen LogP) is 2.55. The number of para-hydroxylation sites is 1. The van der Waals surface area contributed by atoms with E-state index in [-0.39, 0.29) is 5.56 Å². The van der Waals surface area contributed by atoms with Gasteiger partial charge in [0.15, 0.2) is 5.82 Å². The highest BCUT2D eigenvalue weighted by atomic mass is 16.1. The minimum absolute atomic E-state index is 0.153. The van der Waals surface area contributed by atoms with Crippen molar-refractivity contribution < 1.29 is 0 Å². The Balaban J connectivity index is 1.69. The van der Waals surface area contributed by atoms with Crippen molar-refractivity contribution in [1.82, 2.24) is 19.9 Å². The molecule has 0 spiro atoms. The molecule has 1 aromatic carbocycles. The zero-order valence-corrected chi connectivity index (χ0v) is 15.5. The summed E-state index contributed by atoms with van der Waals surface area (Å²) in [6.07, 6.45) is 5.81. The Morgan fingerprint density at radius 3 is 2.63 bits per heavy atom. The third kappa shape index (κ3) is 3.67. The molecule has 0 unspecified atom stereocenters. The van der Waals surface area contributed by atoms with Gasteiger partial charge in [0.1, 0.15) is 17.5 Å². The lowest BCUT2D eigenvalue weighted by Crippen LogP contribution is -2.22. The van der Waals surface area contributed by atoms with E-state index in [2.05, 4.69) is 24.8 Å². The first kappa shape index (κ1) is 17.2. The summed E-state index contributed by atoms with van der Waals surface area (Å²) in [5.41, 5.74) is 0.725. The molecule has 1 N–H and O–H groups in total. The molecule has 3 heterocycles. The monoisotopic (exact) mass is 362 g/mol. The summed E-state index contributed by atoms with van der Waals surface area (Å²) >= 11 is 0. The largest absolute Gasteiger partial charge is 0.362 e. The third-order valence-electron chi connectivity index (χ3n) is 4.59. The van der Waals surface area contributed by atoms with E-state index in [1.165, 1.54) is 0 Å². The van der Waals surface area contributed by atoms with Gasteiger partial charge in [-0.25, -0.2) is 15.0 Å². The van der Waals surface area contributed by atoms with Crippen LogP contribution in [0, 0.1) is 0 Å². The smallest absolute Gasteiger partial charge is 0.253 e. The van der Waals surface area contributed by atoms with Gasteiger partial charge >= 0.3 is 0 Å². The van der Waals surface area contributed by atoms with E-state index >= 15 is 0 Å². The van der Waals surface area contributed by atoms with Crippen LogP contribution in [0.5, 0.6) is 0 Å². The van der Waals surface area contributed by atoms with Crippen molar-refractivity contribution in [1.29, 1.82) is 0 Å². The van der Waals surface area contributed by atoms with Crippen molar-refractivity contribution in [3.8, 4) is 0 Å². The summed E-state index contributed by atoms with van der Waals surface area (Å²) < 4.78 is 0. The lowest BCUT2D eigenvalue weighted by Gasteiger charge is -2.16. The van der Waals surface area contributed by atoms with E-state index in [1.807, 2.05) is 43.3 Å². The third-order valence-corrected chi connectivity index (χ3v) is 4.59. The van der Waals surface area contributed by atoms with Crippen LogP contribution < -0.4 is 15.4 Å². The molecule has 0 aliphatic carbocycles. The number of fused-ring (bicyclic) bond motifs is 1. The van der Waals surface area contributed by atoms with E-state index in [9.17, 15) is 4.79 Å². The first-order chi connectivity index (χ1) is 13.1. The van der Waals surface area contributed by atoms with Crippen molar-refractivity contribution in [2.24, 2.45) is 0 Å². The Bertz CT molecular complexity index is 1050. The molecule has 1 saturated heterocycles. The number of benzene rings is 1. The van der Waals surface area contributed by atoms with E-state index in [0.29, 0.717) is 11.6 Å². The molecule has 0 bridgehead atoms. The zero-order chi connectivity index (χ0) is 18.8. The number of hydrogen-bond acceptors (Lipinski definition) is 6. The van der Waals surface area contributed by atoms with E-state index in [1.54, 1.807) is 18.2 Å². The normalized spacial score (nSPS) is 14.4. The number of rotatable bonds is 4. The Kier molecular flexibility index (Phi) is 4.58. The second-order valence-corrected chi connectivity index (χ2v) is 6.83. The second kappa shape index (κ2) is 7.19. The summed E-state index contributed by atoms with van der Waals surface area (Å²) in [6.45, 7) is 1.89. The summed E-state index contributed by atoms with van der Waals surface area (Å²) in [4.78, 5) is 32.7. The Morgan fingerprint density at radius 1 is 1.07 bits per heavy atom. The lowest BCUT2D eigenvalue weighted by molar-refractivity contribution is 0.916. The first-order valence-electron chi connectivity index (χ1n) is 9.09. The molecule has 0 saturated carbocycles. The lowest BCUT2D eigenvalue weighted by atomic mass is 10.2. The molecular formula is C20H22N6O. The Hall–Kier alpha value is -3.22. The highest BCUT2D eigenvalue weighted by molar-refractivity contribution is 5.90. The van der Waals surface area contributed by atoms with Gasteiger partial charge in [0.2, 0.25) is 0 Å². The fraction of sp³-hybridized carbons (Fsp3) is 0.300. The molecule has 7 heteroatoms. The number of aromatic nitrogens is 4. The first-order valence-corrected chi connectivity index (χ1v) is 9.09. The molecule has 1 fully saturated rings. The van der Waals surface area contributed by atoms with Gasteiger partial charge in [-0.05, 0) is 37.1 Å². The number of H-pyrrole nitrogens is 1. The summed E-state index contributed by atoms with van der Waals surface area (Å²) in [6, 6.07) is 9.47. The minimum atomic E-state index is -0.153. The molecular weight excluding hydrogens is 340 g/mol. The van der Waals surface area contributed by atoms with E-state index in [4.69, 9.17) is 0 Å². The maximum atomic E-state index is 12.0. The summed E-state index contributed by atoms with van der Waals surface area (Å²) in [5.74, 6) is 2.66. The Morgan fingerprint density at radius 2 is 1.85 bits per heavy atom. The van der Waals surface area contributed by atoms with Crippen molar-refractivity contribution in [2.45, 2.75) is 12.8 Å². The van der Waals surface area contributed by atoms with Crippen LogP contribution >= 0.6 is 0 Å². The molecule has 1 aliphatic heterocycles. The molecule has 0 radical (unpaired) electrons. The number of aromatic amines is 1. The van der Waals surface area contributed by atoms with Gasteiger partial charge in [-0.1, -0.05) is 12.1 Å². The molecule has 2 aromatic heterocycles. The molecule has 0 amide bonds. The van der Waals surface area contributed by atoms with E-state index in [0.717, 1.165) is 48.5 Å². The van der Waals surface area contributed by atoms with Gasteiger partial charge < -0.3 is 14.8 Å². The van der Waals surface area contributed by atoms with E-state index < -0.39 is 0 Å². The van der Waals surface area contributed by atoms with Crippen LogP contribution in [-0.4, -0.2) is 47.1 Å². The van der Waals surface area contributed by atoms with Crippen molar-refractivity contribution in [3.63, 3.8) is 0 Å². The molecule has 1 aliphatic rings. The molecule has 0 atom stereocenters. The summed E-state index contributed by atoms with van der Waals surface area (Å²) in [5, 5.41) is 1.00. The maximum absolute atomic E-state index is 12.0. The fourth-order valence-corrected chi connectivity index (χ4v) is 3.30. The minimum Gasteiger partial charge on any atom is -0.362 e. The van der Waals surface area contributed by atoms with Crippen molar-refractivity contribution in [3.05, 3.63) is 52.3 Å². The van der Waals surface area contributed by atoms with Gasteiger partial charge in [0.05, 0.1) is 5.52 Å². The zero-order valence-electron chi connectivity index (χ0n) is 15.5. The molecule has 3 aromatic rings. The standard InChI is InChI=1S/C20H22N6O/c1-25(2)20-14-7-3-4-8-15(14)21-16(24-20)9-10-17-22-18(13-19(27)23-17)26-11-5-6-12-26/h3-4,7-10,13H,5-6,11-12H2,1-2H3,(H,22,23,27). The van der Waals surface area contributed by atoms with Crippen LogP contribution in [0.1, 0.15) is 24.5 Å². The topological polar surface area (TPSA) is 78.0 Å². The number of hydrogen-bond donors (Lipinski definition) is 1. The molecule has 7 nitrogen and oxygen atoms in total. The van der Waals surface area contributed by atoms with Crippen LogP contribution in [-0.2, 0) is 0 Å². The molecule has 138 valence electrons. The maximum Gasteiger partial charge on any atom is 0.253 e. The van der Waals surface area contributed by atoms with Gasteiger partial charge in [0, 0.05) is 38.6 Å². The number of anilines is 2. The SMILES string of the molecule is CN(C)c1nc(C=Cc2nc(N3CCCC3)cc(=O)[nH]2)nc2ccccc12. The van der Waals surface area contributed by atoms with Gasteiger partial charge in [-0.3, -0.25) is 4.79 Å². The van der Waals surface area contributed by atoms with Crippen LogP contribution in [0.3, 0.4) is 0 Å². The number of nitrogens with zero attached hydrogens (tertiary/aromatic N) is 5. The van der Waals surface area contributed by atoms with Crippen LogP contribution in [0.2, 0.25) is 0 Å². The van der Waals surface area contributed by atoms with Gasteiger partial charge in [-0.15, -0.1) is 0 Å². The second-order valence-electron chi connectivity index (χ2n) is 6.83. The van der Waals surface area contributed by atoms with Crippen LogP contribution in [0.4, 0.5) is 11.6 Å². The Labute approximate surface area is 157 Å². The average Bonchev–Trinajstić information content (AvgIpc) is 3.20. The number of nitrogens with one attached hydrogen (secondary N) is 1. The summed E-state index contributed by atoms with van der Waals surface area (Å²) in [7, 11) is 3.92. The van der Waals surface area contributed by atoms with Crippen LogP contribution in [0.25, 0.3) is 23.1 Å². The average molecular weight is 362 g/mol. The predicted molar refractivity (Wildman–Crippen MR) is 109 cm³/mol. The van der Waals surface area contributed by atoms with Crippen LogP contribution in [0.15, 0.2) is 35.1 Å². The fourth-order valence-electron chi connectivity index (χ4n) is 3.30. The molecule has 27 heavy (non-hydrogen) atoms. The van der Waals surface area contributed by atoms with Gasteiger partial charge in [0.25, 0.3) is 5.56 Å². The van der Waals surface area contributed by atoms with Gasteiger partial charge in [-0.2, -0.15) is 0 Å². The highest BCUT2D eigenvalue weighted by Gasteiger charge is 2.14. The van der Waals surface area contributed by atoms with Crippen molar-refractivity contribution >= 4 is 34.7 Å². The highest BCUT2D eigenvalue weighted by Crippen LogP contribution is 2.22. The quantitative estimate of drug-likeness (QED) is 0.768. The molecule has 4 rings (SSSR count). The van der Waals surface area contributed by atoms with Crippen molar-refractivity contribution in [2.75, 3.05) is 37.0 Å².